The van der Waals surface area contributed by atoms with E-state index in [1.165, 1.54) is 11.3 Å². The van der Waals surface area contributed by atoms with Gasteiger partial charge < -0.3 is 10.2 Å². The molecule has 5 nitrogen and oxygen atoms in total. The molecule has 0 spiro atoms. The van der Waals surface area contributed by atoms with E-state index >= 15 is 0 Å². The van der Waals surface area contributed by atoms with Crippen molar-refractivity contribution in [3.05, 3.63) is 59.4 Å². The number of hydrogen-bond donors (Lipinski definition) is 1. The highest BCUT2D eigenvalue weighted by Crippen LogP contribution is 2.26. The van der Waals surface area contributed by atoms with Crippen LogP contribution in [0.3, 0.4) is 0 Å². The third-order valence-corrected chi connectivity index (χ3v) is 5.67. The van der Waals surface area contributed by atoms with Crippen molar-refractivity contribution in [1.29, 1.82) is 0 Å². The van der Waals surface area contributed by atoms with Gasteiger partial charge in [0, 0.05) is 66.8 Å². The van der Waals surface area contributed by atoms with Crippen LogP contribution in [0.25, 0.3) is 11.3 Å². The van der Waals surface area contributed by atoms with E-state index in [0.717, 1.165) is 43.7 Å². The average molecular weight is 380 g/mol. The van der Waals surface area contributed by atoms with Gasteiger partial charge in [0.05, 0.1) is 16.9 Å². The Morgan fingerprint density at radius 1 is 1.22 bits per heavy atom. The molecule has 1 N–H and O–H groups in total. The van der Waals surface area contributed by atoms with Crippen LogP contribution in [0.15, 0.2) is 53.7 Å². The fourth-order valence-corrected chi connectivity index (χ4v) is 4.29. The van der Waals surface area contributed by atoms with Crippen LogP contribution in [-0.4, -0.2) is 40.1 Å². The number of thiazole rings is 1. The Morgan fingerprint density at radius 2 is 2.11 bits per heavy atom. The largest absolute Gasteiger partial charge is 0.371 e. The van der Waals surface area contributed by atoms with E-state index in [0.29, 0.717) is 12.1 Å². The van der Waals surface area contributed by atoms with E-state index in [9.17, 15) is 0 Å². The van der Waals surface area contributed by atoms with Gasteiger partial charge in [0.1, 0.15) is 0 Å². The first-order valence-electron chi connectivity index (χ1n) is 9.52. The van der Waals surface area contributed by atoms with Gasteiger partial charge in [-0.2, -0.15) is 0 Å². The highest BCUT2D eigenvalue weighted by molar-refractivity contribution is 7.07. The predicted molar refractivity (Wildman–Crippen MR) is 111 cm³/mol. The lowest BCUT2D eigenvalue weighted by atomic mass is 10.0. The number of benzene rings is 1. The highest BCUT2D eigenvalue weighted by Gasteiger charge is 2.21. The second-order valence-electron chi connectivity index (χ2n) is 7.15. The number of aromatic nitrogens is 3. The maximum absolute atomic E-state index is 4.43. The molecule has 3 heterocycles. The Morgan fingerprint density at radius 3 is 2.85 bits per heavy atom. The minimum Gasteiger partial charge on any atom is -0.371 e. The molecule has 1 fully saturated rings. The summed E-state index contributed by atoms with van der Waals surface area (Å²) in [5.41, 5.74) is 6.50. The van der Waals surface area contributed by atoms with Gasteiger partial charge in [-0.25, -0.2) is 4.98 Å². The number of rotatable bonds is 6. The second kappa shape index (κ2) is 8.59. The van der Waals surface area contributed by atoms with E-state index in [-0.39, 0.29) is 0 Å². The topological polar surface area (TPSA) is 53.9 Å². The van der Waals surface area contributed by atoms with Crippen molar-refractivity contribution in [3.8, 4) is 11.3 Å². The standard InChI is InChI=1S/C21H25N5S/c1-16(11-19-13-22-7-8-23-19)25-18-5-9-26(10-6-18)20-4-2-3-17(12-20)21-14-27-15-24-21/h2-4,7-8,12-16,18,25H,5-6,9-11H2,1H3/t16-/m0/s1. The third-order valence-electron chi connectivity index (χ3n) is 5.09. The van der Waals surface area contributed by atoms with Crippen LogP contribution < -0.4 is 10.2 Å². The normalized spacial score (nSPS) is 16.4. The number of nitrogens with one attached hydrogen (secondary N) is 1. The maximum Gasteiger partial charge on any atom is 0.0811 e. The zero-order valence-corrected chi connectivity index (χ0v) is 16.4. The molecule has 27 heavy (non-hydrogen) atoms. The molecule has 1 aromatic carbocycles. The minimum atomic E-state index is 0.409. The van der Waals surface area contributed by atoms with Crippen molar-refractivity contribution in [2.75, 3.05) is 18.0 Å². The molecule has 4 rings (SSSR count). The maximum atomic E-state index is 4.43. The molecule has 0 bridgehead atoms. The molecule has 0 amide bonds. The summed E-state index contributed by atoms with van der Waals surface area (Å²) in [6.07, 6.45) is 8.58. The molecular formula is C21H25N5S. The molecule has 3 aromatic rings. The second-order valence-corrected chi connectivity index (χ2v) is 7.87. The fourth-order valence-electron chi connectivity index (χ4n) is 3.73. The first kappa shape index (κ1) is 18.1. The highest BCUT2D eigenvalue weighted by atomic mass is 32.1. The molecule has 1 aliphatic heterocycles. The van der Waals surface area contributed by atoms with E-state index < -0.39 is 0 Å². The van der Waals surface area contributed by atoms with E-state index in [2.05, 4.69) is 61.7 Å². The van der Waals surface area contributed by atoms with E-state index in [4.69, 9.17) is 0 Å². The van der Waals surface area contributed by atoms with Crippen LogP contribution >= 0.6 is 11.3 Å². The lowest BCUT2D eigenvalue weighted by Gasteiger charge is -2.35. The number of nitrogens with zero attached hydrogens (tertiary/aromatic N) is 4. The first-order chi connectivity index (χ1) is 13.3. The van der Waals surface area contributed by atoms with Crippen molar-refractivity contribution in [3.63, 3.8) is 0 Å². The minimum absolute atomic E-state index is 0.409. The summed E-state index contributed by atoms with van der Waals surface area (Å²) < 4.78 is 0. The third kappa shape index (κ3) is 4.70. The Kier molecular flexibility index (Phi) is 5.75. The number of anilines is 1. The number of piperidine rings is 1. The zero-order chi connectivity index (χ0) is 18.5. The number of hydrogen-bond acceptors (Lipinski definition) is 6. The Balaban J connectivity index is 1.31. The fraction of sp³-hybridized carbons (Fsp3) is 0.381. The van der Waals surface area contributed by atoms with Crippen LogP contribution in [0, 0.1) is 0 Å². The van der Waals surface area contributed by atoms with Crippen molar-refractivity contribution >= 4 is 17.0 Å². The van der Waals surface area contributed by atoms with Crippen LogP contribution in [-0.2, 0) is 6.42 Å². The zero-order valence-electron chi connectivity index (χ0n) is 15.6. The van der Waals surface area contributed by atoms with E-state index in [1.54, 1.807) is 23.7 Å². The van der Waals surface area contributed by atoms with Gasteiger partial charge in [0.25, 0.3) is 0 Å². The molecular weight excluding hydrogens is 354 g/mol. The van der Waals surface area contributed by atoms with Crippen molar-refractivity contribution in [2.45, 2.75) is 38.3 Å². The predicted octanol–water partition coefficient (Wildman–Crippen LogP) is 3.79. The van der Waals surface area contributed by atoms with Gasteiger partial charge in [-0.05, 0) is 31.9 Å². The van der Waals surface area contributed by atoms with E-state index in [1.807, 2.05) is 11.7 Å². The summed E-state index contributed by atoms with van der Waals surface area (Å²) in [4.78, 5) is 15.5. The Labute approximate surface area is 164 Å². The van der Waals surface area contributed by atoms with Gasteiger partial charge in [0.2, 0.25) is 0 Å². The molecule has 0 saturated carbocycles. The molecule has 2 aromatic heterocycles. The smallest absolute Gasteiger partial charge is 0.0811 e. The summed E-state index contributed by atoms with van der Waals surface area (Å²) in [6.45, 7) is 4.39. The van der Waals surface area contributed by atoms with Crippen molar-refractivity contribution < 1.29 is 0 Å². The van der Waals surface area contributed by atoms with Gasteiger partial charge in [-0.3, -0.25) is 9.97 Å². The lowest BCUT2D eigenvalue weighted by Crippen LogP contribution is -2.46. The SMILES string of the molecule is C[C@@H](Cc1cnccn1)NC1CCN(c2cccc(-c3cscn3)c2)CC1. The molecule has 0 unspecified atom stereocenters. The summed E-state index contributed by atoms with van der Waals surface area (Å²) in [5.74, 6) is 0. The summed E-state index contributed by atoms with van der Waals surface area (Å²) >= 11 is 1.64. The Hall–Kier alpha value is -2.31. The van der Waals surface area contributed by atoms with Gasteiger partial charge >= 0.3 is 0 Å². The van der Waals surface area contributed by atoms with Crippen LogP contribution in [0.2, 0.25) is 0 Å². The van der Waals surface area contributed by atoms with Crippen molar-refractivity contribution in [1.82, 2.24) is 20.3 Å². The molecule has 1 aliphatic rings. The van der Waals surface area contributed by atoms with Gasteiger partial charge in [-0.1, -0.05) is 12.1 Å². The van der Waals surface area contributed by atoms with Crippen LogP contribution in [0.5, 0.6) is 0 Å². The first-order valence-corrected chi connectivity index (χ1v) is 10.5. The summed E-state index contributed by atoms with van der Waals surface area (Å²) in [5, 5.41) is 5.87. The van der Waals surface area contributed by atoms with Crippen LogP contribution in [0.4, 0.5) is 5.69 Å². The molecule has 0 aliphatic carbocycles. The van der Waals surface area contributed by atoms with Crippen LogP contribution in [0.1, 0.15) is 25.5 Å². The molecule has 1 atom stereocenters. The molecule has 6 heteroatoms. The Bertz CT molecular complexity index is 829. The molecule has 0 radical (unpaired) electrons. The van der Waals surface area contributed by atoms with Gasteiger partial charge in [0.15, 0.2) is 0 Å². The average Bonchev–Trinajstić information content (AvgIpc) is 3.24. The lowest BCUT2D eigenvalue weighted by molar-refractivity contribution is 0.374. The molecule has 140 valence electrons. The summed E-state index contributed by atoms with van der Waals surface area (Å²) in [7, 11) is 0. The van der Waals surface area contributed by atoms with Gasteiger partial charge in [-0.15, -0.1) is 11.3 Å². The molecule has 1 saturated heterocycles. The quantitative estimate of drug-likeness (QED) is 0.706. The monoisotopic (exact) mass is 379 g/mol. The van der Waals surface area contributed by atoms with Crippen molar-refractivity contribution in [2.24, 2.45) is 0 Å². The summed E-state index contributed by atoms with van der Waals surface area (Å²) in [6, 6.07) is 9.72.